The Labute approximate surface area is 108 Å². The van der Waals surface area contributed by atoms with Crippen molar-refractivity contribution < 1.29 is 5.11 Å². The number of aliphatic hydroxyl groups is 1. The average Bonchev–Trinajstić information content (AvgIpc) is 2.83. The van der Waals surface area contributed by atoms with Gasteiger partial charge in [0.2, 0.25) is 0 Å². The highest BCUT2D eigenvalue weighted by Gasteiger charge is 2.23. The van der Waals surface area contributed by atoms with Crippen LogP contribution >= 0.6 is 11.6 Å². The molecular weight excluding hydrogens is 234 g/mol. The minimum absolute atomic E-state index is 0.239. The van der Waals surface area contributed by atoms with Crippen LogP contribution in [0.25, 0.3) is 0 Å². The zero-order chi connectivity index (χ0) is 12.3. The van der Waals surface area contributed by atoms with E-state index >= 15 is 0 Å². The van der Waals surface area contributed by atoms with Crippen molar-refractivity contribution in [2.75, 3.05) is 19.7 Å². The molecule has 1 saturated heterocycles. The smallest absolute Gasteiger partial charge is 0.0449 e. The predicted molar refractivity (Wildman–Crippen MR) is 71.4 cm³/mol. The molecule has 1 fully saturated rings. The standard InChI is InChI=1S/C14H20ClNO/c1-11-10-12(4-5-13(11)15)14(6-9-17)16-7-2-3-8-16/h4-5,10,14,17H,2-3,6-9H2,1H3. The summed E-state index contributed by atoms with van der Waals surface area (Å²) in [5.74, 6) is 0. The van der Waals surface area contributed by atoms with Crippen molar-refractivity contribution in [3.63, 3.8) is 0 Å². The summed E-state index contributed by atoms with van der Waals surface area (Å²) < 4.78 is 0. The van der Waals surface area contributed by atoms with Crippen LogP contribution in [0, 0.1) is 6.92 Å². The predicted octanol–water partition coefficient (Wildman–Crippen LogP) is 3.17. The number of likely N-dealkylation sites (tertiary alicyclic amines) is 1. The van der Waals surface area contributed by atoms with Crippen LogP contribution in [0.5, 0.6) is 0 Å². The van der Waals surface area contributed by atoms with E-state index in [1.54, 1.807) is 0 Å². The molecule has 0 amide bonds. The molecule has 1 heterocycles. The molecule has 1 aliphatic heterocycles. The van der Waals surface area contributed by atoms with Gasteiger partial charge < -0.3 is 5.11 Å². The van der Waals surface area contributed by atoms with Crippen molar-refractivity contribution in [1.82, 2.24) is 4.90 Å². The summed E-state index contributed by atoms with van der Waals surface area (Å²) in [6.45, 7) is 4.56. The average molecular weight is 254 g/mol. The van der Waals surface area contributed by atoms with Crippen LogP contribution < -0.4 is 0 Å². The van der Waals surface area contributed by atoms with Crippen LogP contribution in [0.1, 0.15) is 36.4 Å². The highest BCUT2D eigenvalue weighted by molar-refractivity contribution is 6.31. The largest absolute Gasteiger partial charge is 0.396 e. The molecule has 1 atom stereocenters. The molecule has 3 heteroatoms. The van der Waals surface area contributed by atoms with Crippen LogP contribution in [0.3, 0.4) is 0 Å². The van der Waals surface area contributed by atoms with Gasteiger partial charge in [-0.15, -0.1) is 0 Å². The van der Waals surface area contributed by atoms with Crippen LogP contribution in [0.2, 0.25) is 5.02 Å². The Morgan fingerprint density at radius 3 is 2.65 bits per heavy atom. The fraction of sp³-hybridized carbons (Fsp3) is 0.571. The highest BCUT2D eigenvalue weighted by atomic mass is 35.5. The van der Waals surface area contributed by atoms with Crippen molar-refractivity contribution >= 4 is 11.6 Å². The zero-order valence-corrected chi connectivity index (χ0v) is 11.1. The first-order valence-corrected chi connectivity index (χ1v) is 6.71. The number of benzene rings is 1. The van der Waals surface area contributed by atoms with E-state index < -0.39 is 0 Å². The topological polar surface area (TPSA) is 23.5 Å². The molecule has 1 aliphatic rings. The summed E-state index contributed by atoms with van der Waals surface area (Å²) in [4.78, 5) is 2.47. The third kappa shape index (κ3) is 3.01. The Morgan fingerprint density at radius 2 is 2.06 bits per heavy atom. The molecule has 17 heavy (non-hydrogen) atoms. The number of hydrogen-bond acceptors (Lipinski definition) is 2. The van der Waals surface area contributed by atoms with E-state index in [9.17, 15) is 5.11 Å². The van der Waals surface area contributed by atoms with E-state index in [2.05, 4.69) is 17.0 Å². The number of halogens is 1. The molecular formula is C14H20ClNO. The second-order valence-electron chi connectivity index (χ2n) is 4.78. The molecule has 94 valence electrons. The van der Waals surface area contributed by atoms with Crippen molar-refractivity contribution in [2.24, 2.45) is 0 Å². The lowest BCUT2D eigenvalue weighted by atomic mass is 10.0. The van der Waals surface area contributed by atoms with E-state index in [0.717, 1.165) is 30.1 Å². The first-order valence-electron chi connectivity index (χ1n) is 6.33. The monoisotopic (exact) mass is 253 g/mol. The second kappa shape index (κ2) is 5.85. The number of aryl methyl sites for hydroxylation is 1. The maximum atomic E-state index is 9.23. The lowest BCUT2D eigenvalue weighted by Gasteiger charge is -2.27. The molecule has 2 nitrogen and oxygen atoms in total. The van der Waals surface area contributed by atoms with Crippen LogP contribution in [0.15, 0.2) is 18.2 Å². The van der Waals surface area contributed by atoms with E-state index in [1.807, 2.05) is 13.0 Å². The fourth-order valence-corrected chi connectivity index (χ4v) is 2.73. The summed E-state index contributed by atoms with van der Waals surface area (Å²) in [6, 6.07) is 6.56. The number of hydrogen-bond donors (Lipinski definition) is 1. The summed E-state index contributed by atoms with van der Waals surface area (Å²) in [5.41, 5.74) is 2.40. The van der Waals surface area contributed by atoms with Gasteiger partial charge in [-0.3, -0.25) is 4.90 Å². The molecule has 1 unspecified atom stereocenters. The normalized spacial score (nSPS) is 18.5. The number of aliphatic hydroxyl groups excluding tert-OH is 1. The van der Waals surface area contributed by atoms with Crippen molar-refractivity contribution in [2.45, 2.75) is 32.2 Å². The fourth-order valence-electron chi connectivity index (χ4n) is 2.61. The van der Waals surface area contributed by atoms with Crippen LogP contribution in [0.4, 0.5) is 0 Å². The van der Waals surface area contributed by atoms with Crippen molar-refractivity contribution in [1.29, 1.82) is 0 Å². The minimum atomic E-state index is 0.239. The van der Waals surface area contributed by atoms with Gasteiger partial charge in [0.05, 0.1) is 0 Å². The van der Waals surface area contributed by atoms with E-state index in [4.69, 9.17) is 11.6 Å². The molecule has 1 aromatic rings. The second-order valence-corrected chi connectivity index (χ2v) is 5.19. The minimum Gasteiger partial charge on any atom is -0.396 e. The molecule has 0 saturated carbocycles. The van der Waals surface area contributed by atoms with E-state index in [-0.39, 0.29) is 6.61 Å². The van der Waals surface area contributed by atoms with Gasteiger partial charge in [-0.05, 0) is 56.5 Å². The molecule has 0 spiro atoms. The molecule has 0 aliphatic carbocycles. The van der Waals surface area contributed by atoms with Gasteiger partial charge in [0.15, 0.2) is 0 Å². The van der Waals surface area contributed by atoms with Gasteiger partial charge in [0.25, 0.3) is 0 Å². The lowest BCUT2D eigenvalue weighted by molar-refractivity contribution is 0.185. The Bertz CT molecular complexity index is 374. The van der Waals surface area contributed by atoms with Gasteiger partial charge in [-0.1, -0.05) is 23.7 Å². The third-order valence-electron chi connectivity index (χ3n) is 3.55. The van der Waals surface area contributed by atoms with Gasteiger partial charge in [0.1, 0.15) is 0 Å². The highest BCUT2D eigenvalue weighted by Crippen LogP contribution is 2.30. The first-order chi connectivity index (χ1) is 8.22. The van der Waals surface area contributed by atoms with Crippen LogP contribution in [-0.4, -0.2) is 29.7 Å². The maximum Gasteiger partial charge on any atom is 0.0449 e. The molecule has 1 N–H and O–H groups in total. The number of nitrogens with zero attached hydrogens (tertiary/aromatic N) is 1. The Hall–Kier alpha value is -0.570. The Kier molecular flexibility index (Phi) is 4.43. The lowest BCUT2D eigenvalue weighted by Crippen LogP contribution is -2.26. The van der Waals surface area contributed by atoms with Gasteiger partial charge in [-0.2, -0.15) is 0 Å². The summed E-state index contributed by atoms with van der Waals surface area (Å²) in [6.07, 6.45) is 3.35. The van der Waals surface area contributed by atoms with E-state index in [1.165, 1.54) is 18.4 Å². The van der Waals surface area contributed by atoms with E-state index in [0.29, 0.717) is 6.04 Å². The van der Waals surface area contributed by atoms with Gasteiger partial charge in [0, 0.05) is 17.7 Å². The molecule has 1 aromatic carbocycles. The van der Waals surface area contributed by atoms with Crippen LogP contribution in [-0.2, 0) is 0 Å². The van der Waals surface area contributed by atoms with Crippen molar-refractivity contribution in [3.8, 4) is 0 Å². The first kappa shape index (κ1) is 12.9. The SMILES string of the molecule is Cc1cc(C(CCO)N2CCCC2)ccc1Cl. The Morgan fingerprint density at radius 1 is 1.35 bits per heavy atom. The Balaban J connectivity index is 2.21. The molecule has 2 rings (SSSR count). The van der Waals surface area contributed by atoms with Gasteiger partial charge >= 0.3 is 0 Å². The summed E-state index contributed by atoms with van der Waals surface area (Å²) in [5, 5.41) is 10.0. The van der Waals surface area contributed by atoms with Crippen molar-refractivity contribution in [3.05, 3.63) is 34.3 Å². The third-order valence-corrected chi connectivity index (χ3v) is 3.97. The molecule has 0 aromatic heterocycles. The summed E-state index contributed by atoms with van der Waals surface area (Å²) in [7, 11) is 0. The van der Waals surface area contributed by atoms with Gasteiger partial charge in [-0.25, -0.2) is 0 Å². The molecule has 0 bridgehead atoms. The molecule has 0 radical (unpaired) electrons. The number of rotatable bonds is 4. The zero-order valence-electron chi connectivity index (χ0n) is 10.3. The maximum absolute atomic E-state index is 9.23. The summed E-state index contributed by atoms with van der Waals surface area (Å²) >= 11 is 6.06. The quantitative estimate of drug-likeness (QED) is 0.891.